The summed E-state index contributed by atoms with van der Waals surface area (Å²) in [7, 11) is 5.02. The van der Waals surface area contributed by atoms with Crippen LogP contribution in [0.5, 0.6) is 5.75 Å². The summed E-state index contributed by atoms with van der Waals surface area (Å²) < 4.78 is 24.3. The highest BCUT2D eigenvalue weighted by Gasteiger charge is 2.40. The molecule has 0 aromatic heterocycles. The number of amides is 1. The van der Waals surface area contributed by atoms with Crippen molar-refractivity contribution in [2.45, 2.75) is 25.4 Å². The molecule has 0 radical (unpaired) electrons. The monoisotopic (exact) mass is 528 g/mol. The van der Waals surface area contributed by atoms with Crippen LogP contribution in [0.1, 0.15) is 18.4 Å². The Morgan fingerprint density at radius 1 is 1.24 bits per heavy atom. The maximum absolute atomic E-state index is 13.5. The average molecular weight is 529 g/mol. The van der Waals surface area contributed by atoms with Crippen LogP contribution in [-0.2, 0) is 20.7 Å². The number of carbonyl (C=O) groups excluding carboxylic acids is 2. The van der Waals surface area contributed by atoms with E-state index in [1.807, 2.05) is 19.0 Å². The number of hydrogen-bond donors (Lipinski definition) is 0. The number of nitrogens with zero attached hydrogens (tertiary/aromatic N) is 4. The number of nitriles is 1. The molecule has 1 fully saturated rings. The van der Waals surface area contributed by atoms with Gasteiger partial charge in [0.05, 0.1) is 41.5 Å². The van der Waals surface area contributed by atoms with Crippen LogP contribution >= 0.6 is 11.6 Å². The lowest BCUT2D eigenvalue weighted by atomic mass is 9.75. The number of methoxy groups -OCH3 is 1. The van der Waals surface area contributed by atoms with Crippen molar-refractivity contribution in [3.8, 4) is 11.8 Å². The van der Waals surface area contributed by atoms with Crippen molar-refractivity contribution in [1.29, 1.82) is 5.26 Å². The van der Waals surface area contributed by atoms with Gasteiger partial charge in [0, 0.05) is 33.3 Å². The van der Waals surface area contributed by atoms with Gasteiger partial charge in [-0.15, -0.1) is 0 Å². The number of fused-ring (bicyclic) bond motifs is 1. The zero-order valence-electron chi connectivity index (χ0n) is 21.2. The fourth-order valence-corrected chi connectivity index (χ4v) is 5.21. The summed E-state index contributed by atoms with van der Waals surface area (Å²) in [6, 6.07) is 12.1. The number of halogens is 2. The number of rotatable bonds is 6. The quantitative estimate of drug-likeness (QED) is 0.529. The minimum atomic E-state index is -0.833. The normalized spacial score (nSPS) is 18.3. The van der Waals surface area contributed by atoms with E-state index in [1.54, 1.807) is 34.1 Å². The fraction of sp³-hybridized carbons (Fsp3) is 0.444. The van der Waals surface area contributed by atoms with Crippen molar-refractivity contribution in [3.05, 3.63) is 52.8 Å². The van der Waals surface area contributed by atoms with Crippen molar-refractivity contribution in [2.24, 2.45) is 5.41 Å². The van der Waals surface area contributed by atoms with Gasteiger partial charge >= 0.3 is 5.97 Å². The third kappa shape index (κ3) is 5.75. The third-order valence-corrected chi connectivity index (χ3v) is 7.36. The largest absolute Gasteiger partial charge is 0.476 e. The zero-order chi connectivity index (χ0) is 26.7. The van der Waals surface area contributed by atoms with Gasteiger partial charge in [-0.1, -0.05) is 23.7 Å². The first kappa shape index (κ1) is 26.6. The first-order valence-electron chi connectivity index (χ1n) is 12.1. The van der Waals surface area contributed by atoms with E-state index in [0.29, 0.717) is 48.8 Å². The Hall–Kier alpha value is -3.51. The molecule has 2 aromatic carbocycles. The highest BCUT2D eigenvalue weighted by atomic mass is 35.5. The molecule has 10 heteroatoms. The molecule has 1 unspecified atom stereocenters. The van der Waals surface area contributed by atoms with Gasteiger partial charge in [-0.2, -0.15) is 5.26 Å². The van der Waals surface area contributed by atoms with Gasteiger partial charge in [-0.3, -0.25) is 9.59 Å². The Morgan fingerprint density at radius 2 is 1.92 bits per heavy atom. The average Bonchev–Trinajstić information content (AvgIpc) is 2.89. The summed E-state index contributed by atoms with van der Waals surface area (Å²) in [4.78, 5) is 31.0. The molecule has 8 nitrogen and oxygen atoms in total. The van der Waals surface area contributed by atoms with Crippen LogP contribution in [0.4, 0.5) is 15.8 Å². The molecule has 37 heavy (non-hydrogen) atoms. The van der Waals surface area contributed by atoms with Crippen LogP contribution in [0.3, 0.4) is 0 Å². The molecule has 196 valence electrons. The maximum atomic E-state index is 13.5. The first-order chi connectivity index (χ1) is 17.6. The molecule has 2 aliphatic heterocycles. The summed E-state index contributed by atoms with van der Waals surface area (Å²) in [5.41, 5.74) is 1.61. The highest BCUT2D eigenvalue weighted by Crippen LogP contribution is 2.41. The Bertz CT molecular complexity index is 1210. The van der Waals surface area contributed by atoms with Gasteiger partial charge in [-0.05, 0) is 43.0 Å². The van der Waals surface area contributed by atoms with Crippen molar-refractivity contribution < 1.29 is 23.5 Å². The van der Waals surface area contributed by atoms with Crippen LogP contribution in [0, 0.1) is 22.6 Å². The predicted molar refractivity (Wildman–Crippen MR) is 138 cm³/mol. The maximum Gasteiger partial charge on any atom is 0.325 e. The van der Waals surface area contributed by atoms with E-state index >= 15 is 0 Å². The summed E-state index contributed by atoms with van der Waals surface area (Å²) in [5.74, 6) is -0.494. The molecule has 2 heterocycles. The number of esters is 1. The number of likely N-dealkylation sites (tertiary alicyclic amines) is 1. The van der Waals surface area contributed by atoms with Crippen molar-refractivity contribution in [2.75, 3.05) is 57.2 Å². The molecule has 0 N–H and O–H groups in total. The molecule has 1 atom stereocenters. The molecule has 4 rings (SSSR count). The van der Waals surface area contributed by atoms with Gasteiger partial charge in [0.1, 0.15) is 18.1 Å². The second-order valence-corrected chi connectivity index (χ2v) is 10.2. The Morgan fingerprint density at radius 3 is 2.51 bits per heavy atom. The number of ether oxygens (including phenoxy) is 2. The SMILES string of the molecule is COC(=O)CN1CC(C(=O)N2CCC(C#N)(Cc3ccc(F)cc3)CC2)Oc2cc(N(C)C)c(Cl)cc21. The van der Waals surface area contributed by atoms with Crippen molar-refractivity contribution in [3.63, 3.8) is 0 Å². The molecule has 1 amide bonds. The van der Waals surface area contributed by atoms with Crippen LogP contribution in [0.25, 0.3) is 0 Å². The van der Waals surface area contributed by atoms with E-state index in [9.17, 15) is 19.2 Å². The number of piperidine rings is 1. The Labute approximate surface area is 221 Å². The Kier molecular flexibility index (Phi) is 7.79. The highest BCUT2D eigenvalue weighted by molar-refractivity contribution is 6.33. The second kappa shape index (κ2) is 10.9. The lowest BCUT2D eigenvalue weighted by Gasteiger charge is -2.41. The van der Waals surface area contributed by atoms with E-state index in [-0.39, 0.29) is 24.8 Å². The minimum absolute atomic E-state index is 0.0521. The van der Waals surface area contributed by atoms with E-state index in [4.69, 9.17) is 21.1 Å². The summed E-state index contributed by atoms with van der Waals surface area (Å²) in [5, 5.41) is 10.5. The first-order valence-corrected chi connectivity index (χ1v) is 12.5. The summed E-state index contributed by atoms with van der Waals surface area (Å²) >= 11 is 6.46. The van der Waals surface area contributed by atoms with Crippen molar-refractivity contribution >= 4 is 34.9 Å². The van der Waals surface area contributed by atoms with E-state index < -0.39 is 17.5 Å². The number of hydrogen-bond acceptors (Lipinski definition) is 7. The van der Waals surface area contributed by atoms with Crippen molar-refractivity contribution in [1.82, 2.24) is 4.90 Å². The molecule has 0 spiro atoms. The topological polar surface area (TPSA) is 86.1 Å². The molecular weight excluding hydrogens is 499 g/mol. The standard InChI is InChI=1S/C27H30ClFN4O4/c1-31(2)21-13-23-22(12-20(21)28)33(16-25(34)36-3)15-24(37-23)26(35)32-10-8-27(17-30,9-11-32)14-18-4-6-19(29)7-5-18/h4-7,12-13,24H,8-11,14-16H2,1-3H3. The molecular formula is C27H30ClFN4O4. The molecule has 2 aromatic rings. The number of carbonyl (C=O) groups is 2. The van der Waals surface area contributed by atoms with Gasteiger partial charge in [0.15, 0.2) is 6.10 Å². The predicted octanol–water partition coefficient (Wildman–Crippen LogP) is 3.66. The van der Waals surface area contributed by atoms with Crippen LogP contribution < -0.4 is 14.5 Å². The molecule has 0 aliphatic carbocycles. The van der Waals surface area contributed by atoms with E-state index in [0.717, 1.165) is 11.3 Å². The van der Waals surface area contributed by atoms with E-state index in [1.165, 1.54) is 19.2 Å². The fourth-order valence-electron chi connectivity index (χ4n) is 4.88. The van der Waals surface area contributed by atoms with E-state index in [2.05, 4.69) is 6.07 Å². The minimum Gasteiger partial charge on any atom is -0.476 e. The van der Waals surface area contributed by atoms with Crippen LogP contribution in [0.15, 0.2) is 36.4 Å². The third-order valence-electron chi connectivity index (χ3n) is 7.05. The Balaban J connectivity index is 1.50. The molecule has 2 aliphatic rings. The van der Waals surface area contributed by atoms with Crippen LogP contribution in [0.2, 0.25) is 5.02 Å². The number of benzene rings is 2. The molecule has 1 saturated heterocycles. The van der Waals surface area contributed by atoms with Gasteiger partial charge in [0.25, 0.3) is 5.91 Å². The summed E-state index contributed by atoms with van der Waals surface area (Å²) in [6.45, 7) is 0.916. The van der Waals surface area contributed by atoms with Gasteiger partial charge < -0.3 is 24.2 Å². The van der Waals surface area contributed by atoms with Gasteiger partial charge in [-0.25, -0.2) is 4.39 Å². The molecule has 0 saturated carbocycles. The second-order valence-electron chi connectivity index (χ2n) is 9.75. The van der Waals surface area contributed by atoms with Crippen LogP contribution in [-0.4, -0.2) is 70.3 Å². The smallest absolute Gasteiger partial charge is 0.325 e. The lowest BCUT2D eigenvalue weighted by molar-refractivity contribution is -0.142. The lowest BCUT2D eigenvalue weighted by Crippen LogP contribution is -2.54. The summed E-state index contributed by atoms with van der Waals surface area (Å²) in [6.07, 6.45) is 0.671. The number of anilines is 2. The van der Waals surface area contributed by atoms with Gasteiger partial charge in [0.2, 0.25) is 0 Å². The zero-order valence-corrected chi connectivity index (χ0v) is 21.9. The molecule has 0 bridgehead atoms.